The number of hydrogen-bond acceptors (Lipinski definition) is 5. The van der Waals surface area contributed by atoms with Gasteiger partial charge in [0.1, 0.15) is 5.04 Å². The first-order valence-corrected chi connectivity index (χ1v) is 12.0. The second-order valence-corrected chi connectivity index (χ2v) is 9.94. The molecule has 1 heterocycles. The minimum atomic E-state index is -0.0342. The Balaban J connectivity index is 2.29. The Hall–Kier alpha value is -1.98. The molecule has 1 aromatic rings. The van der Waals surface area contributed by atoms with Crippen molar-refractivity contribution >= 4 is 28.6 Å². The van der Waals surface area contributed by atoms with Crippen LogP contribution in [0.3, 0.4) is 0 Å². The van der Waals surface area contributed by atoms with E-state index in [4.69, 9.17) is 15.7 Å². The quantitative estimate of drug-likeness (QED) is 0.280. The molecule has 1 saturated carbocycles. The highest BCUT2D eigenvalue weighted by molar-refractivity contribution is 8.14. The summed E-state index contributed by atoms with van der Waals surface area (Å²) in [6.07, 6.45) is 13.2. The normalized spacial score (nSPS) is 22.6. The Labute approximate surface area is 192 Å². The zero-order chi connectivity index (χ0) is 23.0. The van der Waals surface area contributed by atoms with Crippen molar-refractivity contribution in [3.05, 3.63) is 53.6 Å². The molecule has 0 unspecified atom stereocenters. The van der Waals surface area contributed by atoms with Gasteiger partial charge in [-0.05, 0) is 90.4 Å². The van der Waals surface area contributed by atoms with Crippen molar-refractivity contribution in [3.63, 3.8) is 0 Å². The first-order chi connectivity index (χ1) is 14.7. The lowest BCUT2D eigenvalue weighted by molar-refractivity contribution is 0.291. The molecule has 0 saturated heterocycles. The minimum absolute atomic E-state index is 0.0342. The summed E-state index contributed by atoms with van der Waals surface area (Å²) in [4.78, 5) is 15.4. The summed E-state index contributed by atoms with van der Waals surface area (Å²) >= 11 is 1.61. The van der Waals surface area contributed by atoms with E-state index < -0.39 is 0 Å². The van der Waals surface area contributed by atoms with Crippen LogP contribution < -0.4 is 5.73 Å². The van der Waals surface area contributed by atoms with Crippen LogP contribution in [0.2, 0.25) is 0 Å². The predicted octanol–water partition coefficient (Wildman–Crippen LogP) is 7.11. The van der Waals surface area contributed by atoms with Crippen LogP contribution in [0.4, 0.5) is 0 Å². The lowest BCUT2D eigenvalue weighted by Crippen LogP contribution is -2.41. The van der Waals surface area contributed by atoms with E-state index in [2.05, 4.69) is 58.3 Å². The average molecular weight is 439 g/mol. The molecule has 1 fully saturated rings. The maximum absolute atomic E-state index is 6.31. The van der Waals surface area contributed by atoms with Crippen LogP contribution in [0.1, 0.15) is 78.0 Å². The number of pyridine rings is 1. The molecule has 1 aliphatic carbocycles. The maximum atomic E-state index is 6.31. The summed E-state index contributed by atoms with van der Waals surface area (Å²) in [6.45, 7) is 16.6. The van der Waals surface area contributed by atoms with Gasteiger partial charge in [0, 0.05) is 33.6 Å². The van der Waals surface area contributed by atoms with Crippen molar-refractivity contribution in [1.29, 1.82) is 0 Å². The van der Waals surface area contributed by atoms with Gasteiger partial charge in [-0.15, -0.1) is 0 Å². The topological polar surface area (TPSA) is 63.6 Å². The number of aliphatic imine (C=N–C) groups is 2. The fraction of sp³-hybridized carbons (Fsp3) is 0.500. The summed E-state index contributed by atoms with van der Waals surface area (Å²) in [6, 6.07) is 2.04. The molecule has 0 aromatic carbocycles. The second kappa shape index (κ2) is 11.6. The minimum Gasteiger partial charge on any atom is -0.325 e. The molecule has 1 aliphatic rings. The van der Waals surface area contributed by atoms with Gasteiger partial charge >= 0.3 is 0 Å². The van der Waals surface area contributed by atoms with Crippen LogP contribution in [-0.2, 0) is 0 Å². The third kappa shape index (κ3) is 7.58. The highest BCUT2D eigenvalue weighted by atomic mass is 32.2. The van der Waals surface area contributed by atoms with Crippen LogP contribution in [-0.4, -0.2) is 21.3 Å². The van der Waals surface area contributed by atoms with Crippen LogP contribution in [0.15, 0.2) is 57.3 Å². The van der Waals surface area contributed by atoms with Crippen LogP contribution in [0.25, 0.3) is 6.08 Å². The molecule has 1 aromatic heterocycles. The van der Waals surface area contributed by atoms with Gasteiger partial charge in [-0.3, -0.25) is 4.98 Å². The lowest BCUT2D eigenvalue weighted by Gasteiger charge is -2.34. The summed E-state index contributed by atoms with van der Waals surface area (Å²) in [7, 11) is 0. The summed E-state index contributed by atoms with van der Waals surface area (Å²) in [5.41, 5.74) is 10.7. The van der Waals surface area contributed by atoms with Crippen molar-refractivity contribution in [2.75, 3.05) is 0 Å². The second-order valence-electron chi connectivity index (χ2n) is 8.88. The van der Waals surface area contributed by atoms with Crippen molar-refractivity contribution in [1.82, 2.24) is 4.98 Å². The van der Waals surface area contributed by atoms with E-state index in [0.29, 0.717) is 5.92 Å². The zero-order valence-corrected chi connectivity index (χ0v) is 20.9. The van der Waals surface area contributed by atoms with E-state index in [0.717, 1.165) is 70.4 Å². The molecule has 5 heteroatoms. The number of aromatic nitrogens is 1. The van der Waals surface area contributed by atoms with E-state index in [9.17, 15) is 0 Å². The first kappa shape index (κ1) is 25.3. The Bertz CT molecular complexity index is 892. The molecule has 0 atom stereocenters. The van der Waals surface area contributed by atoms with E-state index in [1.807, 2.05) is 25.3 Å². The molecular formula is C26H38N4S. The number of allylic oxidation sites excluding steroid dienone is 2. The number of aryl methyl sites for hydroxylation is 1. The van der Waals surface area contributed by atoms with E-state index >= 15 is 0 Å². The third-order valence-corrected chi connectivity index (χ3v) is 6.77. The molecule has 2 rings (SSSR count). The Kier molecular flexibility index (Phi) is 9.45. The monoisotopic (exact) mass is 438 g/mol. The molecule has 31 heavy (non-hydrogen) atoms. The molecule has 0 radical (unpaired) electrons. The highest BCUT2D eigenvalue weighted by Crippen LogP contribution is 2.32. The smallest absolute Gasteiger partial charge is 0.151 e. The van der Waals surface area contributed by atoms with Gasteiger partial charge in [-0.1, -0.05) is 37.4 Å². The Morgan fingerprint density at radius 1 is 1.29 bits per heavy atom. The maximum Gasteiger partial charge on any atom is 0.151 e. The van der Waals surface area contributed by atoms with Gasteiger partial charge in [0.15, 0.2) is 5.82 Å². The van der Waals surface area contributed by atoms with E-state index in [1.54, 1.807) is 11.8 Å². The molecular weight excluding hydrogens is 400 g/mol. The van der Waals surface area contributed by atoms with Crippen molar-refractivity contribution in [2.24, 2.45) is 21.6 Å². The molecule has 0 aliphatic heterocycles. The van der Waals surface area contributed by atoms with Crippen molar-refractivity contribution in [2.45, 2.75) is 84.1 Å². The van der Waals surface area contributed by atoms with E-state index in [1.165, 1.54) is 0 Å². The van der Waals surface area contributed by atoms with E-state index in [-0.39, 0.29) is 5.54 Å². The molecule has 0 spiro atoms. The van der Waals surface area contributed by atoms with Gasteiger partial charge in [0.05, 0.1) is 0 Å². The Morgan fingerprint density at radius 3 is 2.55 bits per heavy atom. The van der Waals surface area contributed by atoms with Gasteiger partial charge in [-0.2, -0.15) is 0 Å². The Morgan fingerprint density at radius 2 is 1.97 bits per heavy atom. The SMILES string of the molecule is C=CC(=NC(N=C(C)C1CCC(C)(N)CC1)=C(C)C)Sc1ccnc(C)c1/C=C\CC. The zero-order valence-electron chi connectivity index (χ0n) is 20.0. The fourth-order valence-corrected chi connectivity index (χ4v) is 4.51. The van der Waals surface area contributed by atoms with Gasteiger partial charge in [0.2, 0.25) is 0 Å². The molecule has 2 N–H and O–H groups in total. The van der Waals surface area contributed by atoms with Gasteiger partial charge in [0.25, 0.3) is 0 Å². The number of hydrogen-bond donors (Lipinski definition) is 1. The fourth-order valence-electron chi connectivity index (χ4n) is 3.61. The first-order valence-electron chi connectivity index (χ1n) is 11.2. The molecule has 168 valence electrons. The van der Waals surface area contributed by atoms with Gasteiger partial charge in [-0.25, -0.2) is 9.98 Å². The summed E-state index contributed by atoms with van der Waals surface area (Å²) in [5, 5.41) is 0.836. The largest absolute Gasteiger partial charge is 0.325 e. The number of nitrogens with two attached hydrogens (primary N) is 1. The van der Waals surface area contributed by atoms with Gasteiger partial charge < -0.3 is 5.73 Å². The standard InChI is InChI=1S/C26H38N4S/c1-8-10-11-22-20(6)28-17-14-23(22)31-24(9-2)30-25(18(3)4)29-19(5)21-12-15-26(7,27)16-13-21/h9-11,14,17,21H,2,8,12-13,15-16,27H2,1,3-7H3/b11-10-,29-19?,30-24?. The summed E-state index contributed by atoms with van der Waals surface area (Å²) < 4.78 is 0. The third-order valence-electron chi connectivity index (χ3n) is 5.72. The van der Waals surface area contributed by atoms with Crippen LogP contribution >= 0.6 is 11.8 Å². The van der Waals surface area contributed by atoms with Crippen LogP contribution in [0, 0.1) is 12.8 Å². The van der Waals surface area contributed by atoms with Crippen LogP contribution in [0.5, 0.6) is 0 Å². The average Bonchev–Trinajstić information content (AvgIpc) is 2.71. The number of thioether (sulfide) groups is 1. The molecule has 0 bridgehead atoms. The molecule has 0 amide bonds. The number of nitrogens with zero attached hydrogens (tertiary/aromatic N) is 3. The predicted molar refractivity (Wildman–Crippen MR) is 138 cm³/mol. The van der Waals surface area contributed by atoms with Crippen molar-refractivity contribution < 1.29 is 0 Å². The summed E-state index contributed by atoms with van der Waals surface area (Å²) in [5.74, 6) is 1.26. The number of rotatable bonds is 7. The lowest BCUT2D eigenvalue weighted by atomic mass is 9.77. The highest BCUT2D eigenvalue weighted by Gasteiger charge is 2.28. The molecule has 4 nitrogen and oxygen atoms in total. The van der Waals surface area contributed by atoms with Crippen molar-refractivity contribution in [3.8, 4) is 0 Å².